The van der Waals surface area contributed by atoms with Crippen LogP contribution in [-0.4, -0.2) is 43.8 Å². The summed E-state index contributed by atoms with van der Waals surface area (Å²) < 4.78 is 27.2. The lowest BCUT2D eigenvalue weighted by Gasteiger charge is -2.28. The van der Waals surface area contributed by atoms with Crippen molar-refractivity contribution in [1.29, 1.82) is 0 Å². The number of rotatable bonds is 4. The molecule has 9 heteroatoms. The fourth-order valence-corrected chi connectivity index (χ4v) is 3.55. The zero-order chi connectivity index (χ0) is 14.5. The van der Waals surface area contributed by atoms with E-state index in [-0.39, 0.29) is 23.1 Å². The van der Waals surface area contributed by atoms with Crippen molar-refractivity contribution in [2.75, 3.05) is 24.3 Å². The summed E-state index contributed by atoms with van der Waals surface area (Å²) in [5, 5.41) is 0.346. The van der Waals surface area contributed by atoms with E-state index >= 15 is 0 Å². The minimum Gasteiger partial charge on any atom is -0.350 e. The Kier molecular flexibility index (Phi) is 3.56. The number of nitrogens with zero attached hydrogens (tertiary/aromatic N) is 3. The number of anilines is 1. The van der Waals surface area contributed by atoms with E-state index in [9.17, 15) is 8.42 Å². The SMILES string of the molecule is CS(=O)(=O)OCC1C2CC2CN1c1cc(Cl)nc(Cl)n1. The second-order valence-electron chi connectivity index (χ2n) is 5.19. The fraction of sp³-hybridized carbons (Fsp3) is 0.636. The van der Waals surface area contributed by atoms with Crippen LogP contribution in [-0.2, 0) is 14.3 Å². The van der Waals surface area contributed by atoms with Crippen LogP contribution in [0.15, 0.2) is 6.07 Å². The van der Waals surface area contributed by atoms with Crippen molar-refractivity contribution in [3.8, 4) is 0 Å². The summed E-state index contributed by atoms with van der Waals surface area (Å²) in [7, 11) is -3.45. The summed E-state index contributed by atoms with van der Waals surface area (Å²) >= 11 is 11.7. The molecule has 0 amide bonds. The van der Waals surface area contributed by atoms with Gasteiger partial charge in [-0.15, -0.1) is 0 Å². The second kappa shape index (κ2) is 4.98. The molecule has 3 rings (SSSR count). The van der Waals surface area contributed by atoms with Gasteiger partial charge in [-0.25, -0.2) is 9.97 Å². The van der Waals surface area contributed by atoms with E-state index in [1.807, 2.05) is 4.90 Å². The van der Waals surface area contributed by atoms with Gasteiger partial charge in [0, 0.05) is 12.6 Å². The first-order valence-electron chi connectivity index (χ1n) is 6.14. The molecule has 0 radical (unpaired) electrons. The van der Waals surface area contributed by atoms with E-state index in [4.69, 9.17) is 27.4 Å². The zero-order valence-electron chi connectivity index (χ0n) is 10.7. The standard InChI is InChI=1S/C11H13Cl2N3O3S/c1-20(17,18)19-5-8-7-2-6(7)4-16(8)10-3-9(12)14-11(13)15-10/h3,6-8H,2,4-5H2,1H3. The Morgan fingerprint density at radius 2 is 2.20 bits per heavy atom. The highest BCUT2D eigenvalue weighted by Gasteiger charge is 2.53. The van der Waals surface area contributed by atoms with Crippen LogP contribution in [0.1, 0.15) is 6.42 Å². The molecule has 1 aromatic heterocycles. The molecule has 0 aromatic carbocycles. The first kappa shape index (κ1) is 14.3. The lowest BCUT2D eigenvalue weighted by atomic mass is 10.2. The summed E-state index contributed by atoms with van der Waals surface area (Å²) in [6.07, 6.45) is 2.15. The fourth-order valence-electron chi connectivity index (χ4n) is 2.77. The Morgan fingerprint density at radius 3 is 2.85 bits per heavy atom. The van der Waals surface area contributed by atoms with Gasteiger partial charge in [-0.3, -0.25) is 4.18 Å². The molecule has 1 aliphatic heterocycles. The number of hydrogen-bond donors (Lipinski definition) is 0. The summed E-state index contributed by atoms with van der Waals surface area (Å²) in [4.78, 5) is 9.97. The van der Waals surface area contributed by atoms with Crippen molar-refractivity contribution in [2.24, 2.45) is 11.8 Å². The van der Waals surface area contributed by atoms with Gasteiger partial charge in [0.05, 0.1) is 18.9 Å². The van der Waals surface area contributed by atoms with Crippen molar-refractivity contribution >= 4 is 39.1 Å². The molecule has 1 saturated carbocycles. The highest BCUT2D eigenvalue weighted by atomic mass is 35.5. The van der Waals surface area contributed by atoms with Crippen LogP contribution >= 0.6 is 23.2 Å². The molecular formula is C11H13Cl2N3O3S. The van der Waals surface area contributed by atoms with Gasteiger partial charge in [0.25, 0.3) is 10.1 Å². The minimum absolute atomic E-state index is 0.0169. The number of fused-ring (bicyclic) bond motifs is 1. The molecule has 110 valence electrons. The van der Waals surface area contributed by atoms with Gasteiger partial charge in [0.2, 0.25) is 5.28 Å². The van der Waals surface area contributed by atoms with E-state index in [0.717, 1.165) is 19.2 Å². The van der Waals surface area contributed by atoms with E-state index in [1.165, 1.54) is 0 Å². The van der Waals surface area contributed by atoms with Crippen molar-refractivity contribution in [3.05, 3.63) is 16.5 Å². The minimum atomic E-state index is -3.45. The molecule has 3 unspecified atom stereocenters. The Balaban J connectivity index is 1.81. The lowest BCUT2D eigenvalue weighted by molar-refractivity contribution is 0.284. The van der Waals surface area contributed by atoms with Gasteiger partial charge < -0.3 is 4.90 Å². The molecule has 2 fully saturated rings. The molecule has 1 aromatic rings. The molecule has 1 aliphatic carbocycles. The predicted octanol–water partition coefficient (Wildman–Crippen LogP) is 1.58. The van der Waals surface area contributed by atoms with Gasteiger partial charge in [-0.2, -0.15) is 8.42 Å². The van der Waals surface area contributed by atoms with Gasteiger partial charge in [0.15, 0.2) is 0 Å². The van der Waals surface area contributed by atoms with E-state index in [2.05, 4.69) is 9.97 Å². The van der Waals surface area contributed by atoms with Gasteiger partial charge in [-0.05, 0) is 29.9 Å². The molecule has 2 aliphatic rings. The Bertz CT molecular complexity index is 620. The topological polar surface area (TPSA) is 72.4 Å². The monoisotopic (exact) mass is 337 g/mol. The molecular weight excluding hydrogens is 325 g/mol. The third-order valence-electron chi connectivity index (χ3n) is 3.70. The lowest BCUT2D eigenvalue weighted by Crippen LogP contribution is -2.38. The number of halogens is 2. The van der Waals surface area contributed by atoms with Crippen LogP contribution in [0.5, 0.6) is 0 Å². The molecule has 2 heterocycles. The van der Waals surface area contributed by atoms with Crippen LogP contribution in [0, 0.1) is 11.8 Å². The third kappa shape index (κ3) is 3.00. The Hall–Kier alpha value is -0.630. The normalized spacial score (nSPS) is 28.6. The quantitative estimate of drug-likeness (QED) is 0.472. The average Bonchev–Trinajstić information content (AvgIpc) is 2.97. The van der Waals surface area contributed by atoms with Crippen LogP contribution in [0.4, 0.5) is 5.82 Å². The van der Waals surface area contributed by atoms with Crippen molar-refractivity contribution in [1.82, 2.24) is 9.97 Å². The van der Waals surface area contributed by atoms with Gasteiger partial charge in [-0.1, -0.05) is 11.6 Å². The first-order valence-corrected chi connectivity index (χ1v) is 8.72. The summed E-state index contributed by atoms with van der Waals surface area (Å²) in [6.45, 7) is 0.936. The molecule has 0 bridgehead atoms. The van der Waals surface area contributed by atoms with Crippen molar-refractivity contribution in [2.45, 2.75) is 12.5 Å². The maximum Gasteiger partial charge on any atom is 0.264 e. The number of piperidine rings is 1. The third-order valence-corrected chi connectivity index (χ3v) is 4.63. The maximum absolute atomic E-state index is 11.2. The summed E-state index contributed by atoms with van der Waals surface area (Å²) in [6, 6.07) is 1.61. The molecule has 0 spiro atoms. The second-order valence-corrected chi connectivity index (χ2v) is 7.56. The van der Waals surface area contributed by atoms with E-state index < -0.39 is 10.1 Å². The van der Waals surface area contributed by atoms with Crippen LogP contribution in [0.25, 0.3) is 0 Å². The largest absolute Gasteiger partial charge is 0.350 e. The smallest absolute Gasteiger partial charge is 0.264 e. The summed E-state index contributed by atoms with van der Waals surface area (Å²) in [5.41, 5.74) is 0. The summed E-state index contributed by atoms with van der Waals surface area (Å²) in [5.74, 6) is 1.63. The Labute approximate surface area is 127 Å². The molecule has 20 heavy (non-hydrogen) atoms. The van der Waals surface area contributed by atoms with Crippen molar-refractivity contribution in [3.63, 3.8) is 0 Å². The highest BCUT2D eigenvalue weighted by molar-refractivity contribution is 7.85. The van der Waals surface area contributed by atoms with E-state index in [0.29, 0.717) is 17.7 Å². The predicted molar refractivity (Wildman–Crippen MR) is 75.6 cm³/mol. The molecule has 0 N–H and O–H groups in total. The molecule has 3 atom stereocenters. The Morgan fingerprint density at radius 1 is 1.45 bits per heavy atom. The maximum atomic E-state index is 11.2. The zero-order valence-corrected chi connectivity index (χ0v) is 13.0. The van der Waals surface area contributed by atoms with Gasteiger partial charge >= 0.3 is 0 Å². The number of hydrogen-bond acceptors (Lipinski definition) is 6. The van der Waals surface area contributed by atoms with E-state index in [1.54, 1.807) is 6.07 Å². The molecule has 1 saturated heterocycles. The number of aromatic nitrogens is 2. The average molecular weight is 338 g/mol. The first-order chi connectivity index (χ1) is 9.33. The van der Waals surface area contributed by atoms with Crippen molar-refractivity contribution < 1.29 is 12.6 Å². The van der Waals surface area contributed by atoms with Crippen LogP contribution in [0.3, 0.4) is 0 Å². The highest BCUT2D eigenvalue weighted by Crippen LogP contribution is 2.50. The van der Waals surface area contributed by atoms with Crippen LogP contribution in [0.2, 0.25) is 10.4 Å². The molecule has 6 nitrogen and oxygen atoms in total. The van der Waals surface area contributed by atoms with Gasteiger partial charge in [0.1, 0.15) is 11.0 Å². The van der Waals surface area contributed by atoms with Crippen LogP contribution < -0.4 is 4.90 Å².